The summed E-state index contributed by atoms with van der Waals surface area (Å²) in [6.45, 7) is 4.64. The third-order valence-electron chi connectivity index (χ3n) is 4.79. The van der Waals surface area contributed by atoms with E-state index in [1.807, 2.05) is 6.07 Å². The van der Waals surface area contributed by atoms with E-state index in [1.165, 1.54) is 6.42 Å². The number of aromatic nitrogens is 1. The average molecular weight is 306 g/mol. The van der Waals surface area contributed by atoms with Gasteiger partial charge in [0.1, 0.15) is 0 Å². The molecule has 0 radical (unpaired) electrons. The minimum absolute atomic E-state index is 0.0755. The van der Waals surface area contributed by atoms with Crippen molar-refractivity contribution in [1.29, 1.82) is 0 Å². The van der Waals surface area contributed by atoms with Gasteiger partial charge in [0.2, 0.25) is 5.88 Å². The topological polar surface area (TPSA) is 43.8 Å². The number of rotatable bonds is 6. The molecule has 3 heterocycles. The van der Waals surface area contributed by atoms with Crippen molar-refractivity contribution in [2.45, 2.75) is 31.4 Å². The van der Waals surface area contributed by atoms with Gasteiger partial charge in [0.05, 0.1) is 12.7 Å². The van der Waals surface area contributed by atoms with Crippen LogP contribution in [0, 0.1) is 5.92 Å². The highest BCUT2D eigenvalue weighted by Gasteiger charge is 2.47. The maximum absolute atomic E-state index is 6.11. The first kappa shape index (κ1) is 15.7. The van der Waals surface area contributed by atoms with Gasteiger partial charge in [0, 0.05) is 51.7 Å². The van der Waals surface area contributed by atoms with E-state index in [-0.39, 0.29) is 5.60 Å². The van der Waals surface area contributed by atoms with E-state index in [2.05, 4.69) is 16.0 Å². The second-order valence-corrected chi connectivity index (χ2v) is 6.49. The normalized spacial score (nSPS) is 24.2. The molecule has 1 aromatic rings. The summed E-state index contributed by atoms with van der Waals surface area (Å²) >= 11 is 0. The van der Waals surface area contributed by atoms with Crippen LogP contribution in [0.5, 0.6) is 5.88 Å². The Bertz CT molecular complexity index is 489. The Hall–Kier alpha value is -1.17. The fourth-order valence-corrected chi connectivity index (χ4v) is 3.73. The molecule has 122 valence electrons. The molecular formula is C17H26N2O3. The van der Waals surface area contributed by atoms with Gasteiger partial charge in [0.25, 0.3) is 0 Å². The van der Waals surface area contributed by atoms with Crippen molar-refractivity contribution in [2.24, 2.45) is 5.92 Å². The summed E-state index contributed by atoms with van der Waals surface area (Å²) in [7, 11) is 3.45. The smallest absolute Gasteiger partial charge is 0.217 e. The van der Waals surface area contributed by atoms with Gasteiger partial charge in [-0.2, -0.15) is 0 Å². The fourth-order valence-electron chi connectivity index (χ4n) is 3.73. The maximum Gasteiger partial charge on any atom is 0.217 e. The van der Waals surface area contributed by atoms with Crippen LogP contribution in [0.2, 0.25) is 0 Å². The molecule has 2 aliphatic rings. The Kier molecular flexibility index (Phi) is 4.96. The van der Waals surface area contributed by atoms with Crippen LogP contribution in [0.4, 0.5) is 0 Å². The molecule has 2 fully saturated rings. The van der Waals surface area contributed by atoms with Gasteiger partial charge in [-0.1, -0.05) is 6.07 Å². The molecule has 0 amide bonds. The molecule has 0 aliphatic carbocycles. The maximum atomic E-state index is 6.11. The number of hydrogen-bond donors (Lipinski definition) is 0. The summed E-state index contributed by atoms with van der Waals surface area (Å²) < 4.78 is 16.7. The van der Waals surface area contributed by atoms with Crippen molar-refractivity contribution in [1.82, 2.24) is 9.88 Å². The van der Waals surface area contributed by atoms with E-state index in [1.54, 1.807) is 20.4 Å². The molecule has 5 heteroatoms. The van der Waals surface area contributed by atoms with E-state index < -0.39 is 0 Å². The molecule has 22 heavy (non-hydrogen) atoms. The summed E-state index contributed by atoms with van der Waals surface area (Å²) in [6.07, 6.45) is 5.25. The molecule has 0 saturated carbocycles. The molecule has 1 spiro atoms. The summed E-state index contributed by atoms with van der Waals surface area (Å²) in [5, 5.41) is 0. The largest absolute Gasteiger partial charge is 0.481 e. The van der Waals surface area contributed by atoms with Gasteiger partial charge in [-0.15, -0.1) is 0 Å². The lowest BCUT2D eigenvalue weighted by Crippen LogP contribution is -2.64. The predicted molar refractivity (Wildman–Crippen MR) is 84.0 cm³/mol. The van der Waals surface area contributed by atoms with E-state index >= 15 is 0 Å². The molecule has 0 bridgehead atoms. The SMILES string of the molecule is COCCC1CCOC2(C1)CN(Cc1cccnc1OC)C2. The van der Waals surface area contributed by atoms with Gasteiger partial charge in [-0.05, 0) is 31.2 Å². The molecule has 2 aliphatic heterocycles. The second kappa shape index (κ2) is 6.94. The first-order valence-corrected chi connectivity index (χ1v) is 8.08. The monoisotopic (exact) mass is 306 g/mol. The minimum atomic E-state index is 0.0755. The van der Waals surface area contributed by atoms with Crippen LogP contribution in [0.1, 0.15) is 24.8 Å². The van der Waals surface area contributed by atoms with Crippen molar-refractivity contribution in [3.63, 3.8) is 0 Å². The van der Waals surface area contributed by atoms with Crippen LogP contribution in [0.3, 0.4) is 0 Å². The van der Waals surface area contributed by atoms with Crippen molar-refractivity contribution >= 4 is 0 Å². The molecule has 1 unspecified atom stereocenters. The molecule has 5 nitrogen and oxygen atoms in total. The van der Waals surface area contributed by atoms with Gasteiger partial charge in [-0.25, -0.2) is 4.98 Å². The first-order chi connectivity index (χ1) is 10.7. The Balaban J connectivity index is 1.52. The van der Waals surface area contributed by atoms with E-state index in [0.29, 0.717) is 0 Å². The zero-order valence-corrected chi connectivity index (χ0v) is 13.6. The summed E-state index contributed by atoms with van der Waals surface area (Å²) in [5.74, 6) is 1.47. The molecule has 2 saturated heterocycles. The lowest BCUT2D eigenvalue weighted by molar-refractivity contribution is -0.182. The summed E-state index contributed by atoms with van der Waals surface area (Å²) in [6, 6.07) is 4.05. The van der Waals surface area contributed by atoms with Gasteiger partial charge >= 0.3 is 0 Å². The highest BCUT2D eigenvalue weighted by molar-refractivity contribution is 5.25. The zero-order valence-electron chi connectivity index (χ0n) is 13.6. The van der Waals surface area contributed by atoms with Crippen LogP contribution in [-0.2, 0) is 16.0 Å². The minimum Gasteiger partial charge on any atom is -0.481 e. The van der Waals surface area contributed by atoms with Gasteiger partial charge in [0.15, 0.2) is 0 Å². The average Bonchev–Trinajstić information content (AvgIpc) is 2.52. The number of likely N-dealkylation sites (tertiary alicyclic amines) is 1. The van der Waals surface area contributed by atoms with Crippen molar-refractivity contribution in [3.8, 4) is 5.88 Å². The molecule has 1 aromatic heterocycles. The first-order valence-electron chi connectivity index (χ1n) is 8.08. The van der Waals surface area contributed by atoms with Crippen LogP contribution in [0.15, 0.2) is 18.3 Å². The number of ether oxygens (including phenoxy) is 3. The lowest BCUT2D eigenvalue weighted by Gasteiger charge is -2.53. The third-order valence-corrected chi connectivity index (χ3v) is 4.79. The Morgan fingerprint density at radius 3 is 3.05 bits per heavy atom. The summed E-state index contributed by atoms with van der Waals surface area (Å²) in [4.78, 5) is 6.68. The predicted octanol–water partition coefficient (Wildman–Crippen LogP) is 2.11. The van der Waals surface area contributed by atoms with Crippen molar-refractivity contribution in [3.05, 3.63) is 23.9 Å². The number of methoxy groups -OCH3 is 2. The van der Waals surface area contributed by atoms with Crippen LogP contribution in [0.25, 0.3) is 0 Å². The highest BCUT2D eigenvalue weighted by atomic mass is 16.5. The second-order valence-electron chi connectivity index (χ2n) is 6.49. The van der Waals surface area contributed by atoms with Crippen molar-refractivity contribution in [2.75, 3.05) is 40.5 Å². The van der Waals surface area contributed by atoms with E-state index in [4.69, 9.17) is 14.2 Å². The van der Waals surface area contributed by atoms with E-state index in [0.717, 1.165) is 63.1 Å². The fraction of sp³-hybridized carbons (Fsp3) is 0.706. The van der Waals surface area contributed by atoms with Gasteiger partial charge in [-0.3, -0.25) is 4.90 Å². The summed E-state index contributed by atoms with van der Waals surface area (Å²) in [5.41, 5.74) is 1.22. The molecule has 1 atom stereocenters. The third kappa shape index (κ3) is 3.42. The Labute approximate surface area is 132 Å². The molecule has 3 rings (SSSR count). The van der Waals surface area contributed by atoms with Crippen LogP contribution < -0.4 is 4.74 Å². The number of nitrogens with zero attached hydrogens (tertiary/aromatic N) is 2. The highest BCUT2D eigenvalue weighted by Crippen LogP contribution is 2.39. The van der Waals surface area contributed by atoms with Crippen LogP contribution >= 0.6 is 0 Å². The van der Waals surface area contributed by atoms with E-state index in [9.17, 15) is 0 Å². The Morgan fingerprint density at radius 1 is 1.41 bits per heavy atom. The van der Waals surface area contributed by atoms with Gasteiger partial charge < -0.3 is 14.2 Å². The zero-order chi connectivity index (χ0) is 15.4. The number of hydrogen-bond acceptors (Lipinski definition) is 5. The quantitative estimate of drug-likeness (QED) is 0.805. The van der Waals surface area contributed by atoms with Crippen molar-refractivity contribution < 1.29 is 14.2 Å². The molecule has 0 N–H and O–H groups in total. The lowest BCUT2D eigenvalue weighted by atomic mass is 9.79. The Morgan fingerprint density at radius 2 is 2.27 bits per heavy atom. The van der Waals surface area contributed by atoms with Crippen LogP contribution in [-0.4, -0.2) is 56.0 Å². The molecular weight excluding hydrogens is 280 g/mol. The standard InChI is InChI=1S/C17H26N2O3/c1-20-8-5-14-6-9-22-17(10-14)12-19(13-17)11-15-4-3-7-18-16(15)21-2/h3-4,7,14H,5-6,8-13H2,1-2H3. The molecule has 0 aromatic carbocycles. The number of pyridine rings is 1.